The average Bonchev–Trinajstić information content (AvgIpc) is 2.59. The number of piperidine rings is 1. The summed E-state index contributed by atoms with van der Waals surface area (Å²) in [6, 6.07) is 11.8. The molecule has 0 aromatic heterocycles. The lowest BCUT2D eigenvalue weighted by molar-refractivity contribution is -0.132. The third kappa shape index (κ3) is 3.89. The molecule has 2 aliphatic rings. The zero-order valence-electron chi connectivity index (χ0n) is 15.1. The third-order valence-electron chi connectivity index (χ3n) is 5.72. The van der Waals surface area contributed by atoms with Crippen LogP contribution in [0.25, 0.3) is 0 Å². The van der Waals surface area contributed by atoms with Gasteiger partial charge in [-0.2, -0.15) is 0 Å². The van der Waals surface area contributed by atoms with E-state index in [1.165, 1.54) is 18.4 Å². The van der Waals surface area contributed by atoms with E-state index in [1.807, 2.05) is 18.9 Å². The van der Waals surface area contributed by atoms with E-state index >= 15 is 0 Å². The molecular formula is C21H30N2O. The highest BCUT2D eigenvalue weighted by Crippen LogP contribution is 2.30. The summed E-state index contributed by atoms with van der Waals surface area (Å²) < 4.78 is 0. The summed E-state index contributed by atoms with van der Waals surface area (Å²) in [6.07, 6.45) is 8.84. The van der Waals surface area contributed by atoms with Crippen LogP contribution >= 0.6 is 0 Å². The monoisotopic (exact) mass is 326 g/mol. The Morgan fingerprint density at radius 1 is 1.25 bits per heavy atom. The third-order valence-corrected chi connectivity index (χ3v) is 5.72. The first-order valence-electron chi connectivity index (χ1n) is 9.41. The van der Waals surface area contributed by atoms with E-state index in [0.29, 0.717) is 18.5 Å². The fourth-order valence-corrected chi connectivity index (χ4v) is 3.98. The molecular weight excluding hydrogens is 296 g/mol. The molecule has 1 atom stereocenters. The van der Waals surface area contributed by atoms with Gasteiger partial charge in [-0.25, -0.2) is 0 Å². The number of likely N-dealkylation sites (tertiary alicyclic amines) is 1. The van der Waals surface area contributed by atoms with Crippen molar-refractivity contribution in [3.05, 3.63) is 47.5 Å². The summed E-state index contributed by atoms with van der Waals surface area (Å²) >= 11 is 0. The zero-order valence-corrected chi connectivity index (χ0v) is 15.1. The first kappa shape index (κ1) is 17.2. The van der Waals surface area contributed by atoms with Crippen molar-refractivity contribution >= 4 is 5.91 Å². The molecule has 1 aliphatic heterocycles. The summed E-state index contributed by atoms with van der Waals surface area (Å²) in [5, 5.41) is 0. The maximum Gasteiger partial charge on any atom is 0.222 e. The number of rotatable bonds is 6. The van der Waals surface area contributed by atoms with Crippen molar-refractivity contribution in [2.45, 2.75) is 57.5 Å². The van der Waals surface area contributed by atoms with Crippen molar-refractivity contribution < 1.29 is 4.79 Å². The molecule has 1 saturated heterocycles. The van der Waals surface area contributed by atoms with E-state index in [1.54, 1.807) is 5.57 Å². The van der Waals surface area contributed by atoms with E-state index in [0.717, 1.165) is 32.4 Å². The summed E-state index contributed by atoms with van der Waals surface area (Å²) in [7, 11) is 1.97. The Morgan fingerprint density at radius 2 is 1.92 bits per heavy atom. The minimum absolute atomic E-state index is 0.274. The average molecular weight is 326 g/mol. The summed E-state index contributed by atoms with van der Waals surface area (Å²) in [5.74, 6) is 0.274. The van der Waals surface area contributed by atoms with Crippen LogP contribution in [0, 0.1) is 0 Å². The summed E-state index contributed by atoms with van der Waals surface area (Å²) in [6.45, 7) is 4.15. The van der Waals surface area contributed by atoms with Crippen molar-refractivity contribution in [2.75, 3.05) is 20.1 Å². The van der Waals surface area contributed by atoms with Gasteiger partial charge >= 0.3 is 0 Å². The molecule has 0 saturated carbocycles. The Morgan fingerprint density at radius 3 is 2.46 bits per heavy atom. The molecule has 1 aliphatic carbocycles. The molecule has 1 amide bonds. The van der Waals surface area contributed by atoms with Gasteiger partial charge in [0, 0.05) is 38.6 Å². The number of nitrogens with zero attached hydrogens (tertiary/aromatic N) is 2. The number of allylic oxidation sites excluding steroid dienone is 1. The minimum atomic E-state index is 0.274. The van der Waals surface area contributed by atoms with Gasteiger partial charge in [-0.3, -0.25) is 9.69 Å². The van der Waals surface area contributed by atoms with Gasteiger partial charge in [-0.1, -0.05) is 48.9 Å². The first-order valence-corrected chi connectivity index (χ1v) is 9.41. The molecule has 0 N–H and O–H groups in total. The van der Waals surface area contributed by atoms with Gasteiger partial charge in [-0.05, 0) is 37.7 Å². The highest BCUT2D eigenvalue weighted by atomic mass is 16.2. The molecule has 3 nitrogen and oxygen atoms in total. The molecule has 130 valence electrons. The van der Waals surface area contributed by atoms with Gasteiger partial charge in [0.25, 0.3) is 0 Å². The molecule has 3 rings (SSSR count). The molecule has 1 fully saturated rings. The van der Waals surface area contributed by atoms with E-state index in [2.05, 4.69) is 41.3 Å². The van der Waals surface area contributed by atoms with E-state index < -0.39 is 0 Å². The molecule has 3 heteroatoms. The van der Waals surface area contributed by atoms with E-state index in [-0.39, 0.29) is 5.91 Å². The molecule has 1 unspecified atom stereocenters. The van der Waals surface area contributed by atoms with Crippen molar-refractivity contribution in [1.29, 1.82) is 0 Å². The number of carbonyl (C=O) groups excluding carboxylic acids is 1. The van der Waals surface area contributed by atoms with Gasteiger partial charge in [0.1, 0.15) is 0 Å². The smallest absolute Gasteiger partial charge is 0.222 e. The number of hydrogen-bond donors (Lipinski definition) is 0. The van der Waals surface area contributed by atoms with Crippen LogP contribution in [0.3, 0.4) is 0 Å². The maximum absolute atomic E-state index is 11.9. The second-order valence-electron chi connectivity index (χ2n) is 7.15. The van der Waals surface area contributed by atoms with Crippen molar-refractivity contribution in [2.24, 2.45) is 0 Å². The van der Waals surface area contributed by atoms with Crippen molar-refractivity contribution in [1.82, 2.24) is 9.80 Å². The van der Waals surface area contributed by atoms with Crippen LogP contribution in [0.1, 0.15) is 44.6 Å². The second kappa shape index (κ2) is 7.98. The number of carbonyl (C=O) groups is 1. The Balaban J connectivity index is 1.62. The van der Waals surface area contributed by atoms with Crippen LogP contribution in [-0.2, 0) is 11.2 Å². The van der Waals surface area contributed by atoms with E-state index in [4.69, 9.17) is 0 Å². The standard InChI is InChI=1S/C21H30N2O/c1-3-21(24)22(2)19-12-14-23(15-13-19)20(18-10-7-11-18)16-17-8-5-4-6-9-17/h4-6,8-10,19-20H,3,7,11-16H2,1-2H3. The van der Waals surface area contributed by atoms with Crippen LogP contribution < -0.4 is 0 Å². The highest BCUT2D eigenvalue weighted by Gasteiger charge is 2.31. The van der Waals surface area contributed by atoms with Crippen LogP contribution in [0.2, 0.25) is 0 Å². The Bertz CT molecular complexity index is 573. The van der Waals surface area contributed by atoms with Gasteiger partial charge < -0.3 is 4.90 Å². The topological polar surface area (TPSA) is 23.6 Å². The molecule has 1 aromatic rings. The predicted octanol–water partition coefficient (Wildman–Crippen LogP) is 3.65. The summed E-state index contributed by atoms with van der Waals surface area (Å²) in [4.78, 5) is 16.6. The normalized spacial score (nSPS) is 20.2. The largest absolute Gasteiger partial charge is 0.343 e. The Kier molecular flexibility index (Phi) is 5.72. The van der Waals surface area contributed by atoms with Crippen LogP contribution in [0.4, 0.5) is 0 Å². The van der Waals surface area contributed by atoms with Crippen molar-refractivity contribution in [3.63, 3.8) is 0 Å². The molecule has 0 bridgehead atoms. The maximum atomic E-state index is 11.9. The quantitative estimate of drug-likeness (QED) is 0.745. The van der Waals surface area contributed by atoms with Crippen LogP contribution in [-0.4, -0.2) is 47.9 Å². The lowest BCUT2D eigenvalue weighted by Crippen LogP contribution is -2.49. The number of benzene rings is 1. The number of hydrogen-bond acceptors (Lipinski definition) is 2. The van der Waals surface area contributed by atoms with Crippen LogP contribution in [0.15, 0.2) is 42.0 Å². The first-order chi connectivity index (χ1) is 11.7. The number of amides is 1. The van der Waals surface area contributed by atoms with Gasteiger partial charge in [0.15, 0.2) is 0 Å². The zero-order chi connectivity index (χ0) is 16.9. The van der Waals surface area contributed by atoms with Gasteiger partial charge in [-0.15, -0.1) is 0 Å². The second-order valence-corrected chi connectivity index (χ2v) is 7.15. The molecule has 1 heterocycles. The van der Waals surface area contributed by atoms with Gasteiger partial charge in [0.05, 0.1) is 0 Å². The Labute approximate surface area is 146 Å². The van der Waals surface area contributed by atoms with Crippen molar-refractivity contribution in [3.8, 4) is 0 Å². The lowest BCUT2D eigenvalue weighted by Gasteiger charge is -2.42. The Hall–Kier alpha value is -1.61. The fraction of sp³-hybridized carbons (Fsp3) is 0.571. The summed E-state index contributed by atoms with van der Waals surface area (Å²) in [5.41, 5.74) is 3.05. The predicted molar refractivity (Wildman–Crippen MR) is 98.9 cm³/mol. The van der Waals surface area contributed by atoms with Crippen LogP contribution in [0.5, 0.6) is 0 Å². The molecule has 0 radical (unpaired) electrons. The van der Waals surface area contributed by atoms with E-state index in [9.17, 15) is 4.79 Å². The SMILES string of the molecule is CCC(=O)N(C)C1CCN(C(Cc2ccccc2)C2=CCC2)CC1. The molecule has 1 aromatic carbocycles. The molecule has 24 heavy (non-hydrogen) atoms. The van der Waals surface area contributed by atoms with Gasteiger partial charge in [0.2, 0.25) is 5.91 Å². The minimum Gasteiger partial charge on any atom is -0.343 e. The highest BCUT2D eigenvalue weighted by molar-refractivity contribution is 5.75. The molecule has 0 spiro atoms. The fourth-order valence-electron chi connectivity index (χ4n) is 3.98. The lowest BCUT2D eigenvalue weighted by atomic mass is 9.86.